The first-order chi connectivity index (χ1) is 10.8. The van der Waals surface area contributed by atoms with Gasteiger partial charge in [0, 0.05) is 0 Å². The lowest BCUT2D eigenvalue weighted by Crippen LogP contribution is -2.51. The molecular formula is C20H40N2. The highest BCUT2D eigenvalue weighted by atomic mass is 14.7. The topological polar surface area (TPSA) is 52.0 Å². The molecule has 2 rings (SSSR count). The Morgan fingerprint density at radius 3 is 0.864 bits per heavy atom. The van der Waals surface area contributed by atoms with Crippen molar-refractivity contribution in [2.75, 3.05) is 13.1 Å². The molecule has 2 aliphatic rings. The van der Waals surface area contributed by atoms with Crippen molar-refractivity contribution in [3.63, 3.8) is 0 Å². The predicted molar refractivity (Wildman–Crippen MR) is 96.8 cm³/mol. The van der Waals surface area contributed by atoms with Crippen molar-refractivity contribution in [1.82, 2.24) is 0 Å². The molecule has 0 spiro atoms. The van der Waals surface area contributed by atoms with Crippen LogP contribution < -0.4 is 11.5 Å². The molecule has 0 aromatic carbocycles. The van der Waals surface area contributed by atoms with Crippen LogP contribution in [0.3, 0.4) is 0 Å². The molecule has 2 fully saturated rings. The molecule has 0 aliphatic heterocycles. The molecule has 130 valence electrons. The van der Waals surface area contributed by atoms with Gasteiger partial charge in [-0.15, -0.1) is 0 Å². The van der Waals surface area contributed by atoms with Crippen LogP contribution in [0.2, 0.25) is 0 Å². The molecule has 2 nitrogen and oxygen atoms in total. The van der Waals surface area contributed by atoms with E-state index in [1.165, 1.54) is 103 Å². The summed E-state index contributed by atoms with van der Waals surface area (Å²) in [4.78, 5) is 0. The van der Waals surface area contributed by atoms with Crippen LogP contribution in [0.4, 0.5) is 0 Å². The van der Waals surface area contributed by atoms with Crippen LogP contribution in [0.5, 0.6) is 0 Å². The van der Waals surface area contributed by atoms with E-state index >= 15 is 0 Å². The van der Waals surface area contributed by atoms with Crippen molar-refractivity contribution in [3.8, 4) is 0 Å². The quantitative estimate of drug-likeness (QED) is 0.758. The summed E-state index contributed by atoms with van der Waals surface area (Å²) in [7, 11) is 0. The Hall–Kier alpha value is -0.0800. The maximum atomic E-state index is 6.47. The van der Waals surface area contributed by atoms with Gasteiger partial charge in [0.05, 0.1) is 0 Å². The number of nitrogens with two attached hydrogens (primary N) is 2. The Bertz CT molecular complexity index is 250. The smallest absolute Gasteiger partial charge is 0.00147 e. The van der Waals surface area contributed by atoms with Crippen molar-refractivity contribution < 1.29 is 0 Å². The van der Waals surface area contributed by atoms with E-state index in [1.54, 1.807) is 0 Å². The van der Waals surface area contributed by atoms with E-state index in [4.69, 9.17) is 11.5 Å². The zero-order valence-corrected chi connectivity index (χ0v) is 14.9. The van der Waals surface area contributed by atoms with Gasteiger partial charge >= 0.3 is 0 Å². The second kappa shape index (κ2) is 9.27. The summed E-state index contributed by atoms with van der Waals surface area (Å²) in [5, 5.41) is 0. The fraction of sp³-hybridized carbons (Fsp3) is 1.00. The second-order valence-electron chi connectivity index (χ2n) is 8.21. The third-order valence-electron chi connectivity index (χ3n) is 7.03. The van der Waals surface area contributed by atoms with Crippen molar-refractivity contribution in [3.05, 3.63) is 0 Å². The van der Waals surface area contributed by atoms with Gasteiger partial charge in [-0.1, -0.05) is 77.0 Å². The van der Waals surface area contributed by atoms with Crippen molar-refractivity contribution in [2.24, 2.45) is 22.3 Å². The molecule has 0 radical (unpaired) electrons. The summed E-state index contributed by atoms with van der Waals surface area (Å²) in [5.74, 6) is 0. The number of rotatable bonds is 3. The van der Waals surface area contributed by atoms with Crippen LogP contribution in [0.15, 0.2) is 0 Å². The highest BCUT2D eigenvalue weighted by Crippen LogP contribution is 2.53. The number of hydrogen-bond donors (Lipinski definition) is 2. The molecule has 2 aliphatic carbocycles. The lowest BCUT2D eigenvalue weighted by atomic mass is 9.55. The van der Waals surface area contributed by atoms with Gasteiger partial charge in [-0.2, -0.15) is 0 Å². The minimum Gasteiger partial charge on any atom is -0.330 e. The highest BCUT2D eigenvalue weighted by molar-refractivity contribution is 5.00. The van der Waals surface area contributed by atoms with Crippen LogP contribution in [-0.2, 0) is 0 Å². The van der Waals surface area contributed by atoms with Gasteiger partial charge in [-0.05, 0) is 49.6 Å². The third-order valence-corrected chi connectivity index (χ3v) is 7.03. The summed E-state index contributed by atoms with van der Waals surface area (Å²) in [6, 6.07) is 0. The lowest BCUT2D eigenvalue weighted by molar-refractivity contribution is 0.00581. The molecule has 22 heavy (non-hydrogen) atoms. The van der Waals surface area contributed by atoms with E-state index in [0.717, 1.165) is 13.1 Å². The van der Waals surface area contributed by atoms with Crippen LogP contribution in [-0.4, -0.2) is 13.1 Å². The van der Waals surface area contributed by atoms with Gasteiger partial charge in [-0.3, -0.25) is 0 Å². The average molecular weight is 309 g/mol. The molecule has 0 bridgehead atoms. The third kappa shape index (κ3) is 4.26. The molecule has 2 saturated carbocycles. The molecule has 0 unspecified atom stereocenters. The first-order valence-corrected chi connectivity index (χ1v) is 10.2. The molecule has 0 atom stereocenters. The Labute approximate surface area is 138 Å². The standard InChI is InChI=1S/C20H40N2/c21-17-19(13-9-5-1-2-6-10-14-19)20(18-22)15-11-7-3-4-8-12-16-20/h1-18,21-22H2. The second-order valence-corrected chi connectivity index (χ2v) is 8.21. The Kier molecular flexibility index (Phi) is 7.70. The molecule has 4 N–H and O–H groups in total. The normalized spacial score (nSPS) is 27.5. The fourth-order valence-corrected chi connectivity index (χ4v) is 5.42. The SMILES string of the molecule is NCC1(C2(CN)CCCCCCCC2)CCCCCCCC1. The molecule has 0 aromatic rings. The number of hydrogen-bond acceptors (Lipinski definition) is 2. The molecule has 0 saturated heterocycles. The Morgan fingerprint density at radius 1 is 0.409 bits per heavy atom. The van der Waals surface area contributed by atoms with Crippen molar-refractivity contribution in [1.29, 1.82) is 0 Å². The fourth-order valence-electron chi connectivity index (χ4n) is 5.42. The van der Waals surface area contributed by atoms with Crippen molar-refractivity contribution >= 4 is 0 Å². The van der Waals surface area contributed by atoms with Gasteiger partial charge in [0.2, 0.25) is 0 Å². The summed E-state index contributed by atoms with van der Waals surface area (Å²) >= 11 is 0. The minimum absolute atomic E-state index is 0.330. The van der Waals surface area contributed by atoms with Crippen LogP contribution in [0, 0.1) is 10.8 Å². The lowest BCUT2D eigenvalue weighted by Gasteiger charge is -2.51. The molecule has 0 amide bonds. The van der Waals surface area contributed by atoms with Crippen LogP contribution in [0.25, 0.3) is 0 Å². The minimum atomic E-state index is 0.330. The van der Waals surface area contributed by atoms with Gasteiger partial charge in [0.15, 0.2) is 0 Å². The molecule has 0 heterocycles. The van der Waals surface area contributed by atoms with Gasteiger partial charge in [0.25, 0.3) is 0 Å². The Morgan fingerprint density at radius 2 is 0.636 bits per heavy atom. The Balaban J connectivity index is 2.22. The largest absolute Gasteiger partial charge is 0.330 e. The van der Waals surface area contributed by atoms with E-state index < -0.39 is 0 Å². The van der Waals surface area contributed by atoms with Gasteiger partial charge in [0.1, 0.15) is 0 Å². The molecule has 0 aromatic heterocycles. The molecular weight excluding hydrogens is 268 g/mol. The van der Waals surface area contributed by atoms with E-state index in [2.05, 4.69) is 0 Å². The van der Waals surface area contributed by atoms with E-state index in [1.807, 2.05) is 0 Å². The maximum absolute atomic E-state index is 6.47. The van der Waals surface area contributed by atoms with Gasteiger partial charge < -0.3 is 11.5 Å². The van der Waals surface area contributed by atoms with E-state index in [0.29, 0.717) is 10.8 Å². The highest BCUT2D eigenvalue weighted by Gasteiger charge is 2.47. The summed E-state index contributed by atoms with van der Waals surface area (Å²) in [5.41, 5.74) is 13.6. The van der Waals surface area contributed by atoms with Crippen LogP contribution >= 0.6 is 0 Å². The monoisotopic (exact) mass is 308 g/mol. The van der Waals surface area contributed by atoms with E-state index in [-0.39, 0.29) is 0 Å². The summed E-state index contributed by atoms with van der Waals surface area (Å²) in [6.45, 7) is 1.73. The predicted octanol–water partition coefficient (Wildman–Crippen LogP) is 5.15. The van der Waals surface area contributed by atoms with E-state index in [9.17, 15) is 0 Å². The zero-order valence-electron chi connectivity index (χ0n) is 14.9. The first kappa shape index (κ1) is 18.3. The summed E-state index contributed by atoms with van der Waals surface area (Å²) in [6.07, 6.45) is 22.2. The maximum Gasteiger partial charge on any atom is -0.00147 e. The summed E-state index contributed by atoms with van der Waals surface area (Å²) < 4.78 is 0. The van der Waals surface area contributed by atoms with Crippen molar-refractivity contribution in [2.45, 2.75) is 103 Å². The average Bonchev–Trinajstić information content (AvgIpc) is 2.75. The zero-order chi connectivity index (χ0) is 15.7. The first-order valence-electron chi connectivity index (χ1n) is 10.2. The van der Waals surface area contributed by atoms with Crippen LogP contribution in [0.1, 0.15) is 103 Å². The molecule has 2 heteroatoms. The van der Waals surface area contributed by atoms with Gasteiger partial charge in [-0.25, -0.2) is 0 Å².